The molecular weight excluding hydrogens is 498 g/mol. The second-order valence-electron chi connectivity index (χ2n) is 8.81. The van der Waals surface area contributed by atoms with Gasteiger partial charge in [0.2, 0.25) is 10.0 Å². The van der Waals surface area contributed by atoms with E-state index in [0.29, 0.717) is 35.6 Å². The summed E-state index contributed by atoms with van der Waals surface area (Å²) in [5.41, 5.74) is 2.73. The Labute approximate surface area is 212 Å². The Balaban J connectivity index is 1.38. The van der Waals surface area contributed by atoms with E-state index < -0.39 is 20.0 Å². The Kier molecular flexibility index (Phi) is 7.77. The largest absolute Gasteiger partial charge is 0.322 e. The molecule has 1 fully saturated rings. The minimum atomic E-state index is -3.78. The highest BCUT2D eigenvalue weighted by atomic mass is 32.2. The molecule has 0 saturated carbocycles. The Bertz CT molecular complexity index is 1430. The van der Waals surface area contributed by atoms with Gasteiger partial charge in [-0.05, 0) is 73.4 Å². The fraction of sp³-hybridized carbons (Fsp3) is 0.269. The third kappa shape index (κ3) is 6.31. The van der Waals surface area contributed by atoms with Crippen LogP contribution in [0.3, 0.4) is 0 Å². The van der Waals surface area contributed by atoms with Crippen molar-refractivity contribution in [2.75, 3.05) is 23.1 Å². The first-order valence-electron chi connectivity index (χ1n) is 11.7. The summed E-state index contributed by atoms with van der Waals surface area (Å²) in [7, 11) is -7.15. The van der Waals surface area contributed by atoms with Gasteiger partial charge in [-0.25, -0.2) is 21.1 Å². The number of hydrogen-bond donors (Lipinski definition) is 2. The van der Waals surface area contributed by atoms with Crippen LogP contribution in [0.5, 0.6) is 0 Å². The van der Waals surface area contributed by atoms with Crippen molar-refractivity contribution < 1.29 is 21.6 Å². The quantitative estimate of drug-likeness (QED) is 0.452. The van der Waals surface area contributed by atoms with Crippen molar-refractivity contribution >= 4 is 37.3 Å². The van der Waals surface area contributed by atoms with Crippen LogP contribution in [0.15, 0.2) is 77.7 Å². The first kappa shape index (κ1) is 25.9. The Morgan fingerprint density at radius 1 is 0.833 bits per heavy atom. The standard InChI is InChI=1S/C26H29N3O5S2/c1-20-7-3-4-8-25(20)28-36(33,34)24-15-13-23(14-16-24)27-26(30)22-11-9-21(10-12-22)19-35(31,32)29-17-5-2-6-18-29/h3-4,7-16,28H,2,5-6,17-19H2,1H3,(H,27,30). The number of nitrogens with one attached hydrogen (secondary N) is 2. The van der Waals surface area contributed by atoms with Gasteiger partial charge in [0.15, 0.2) is 0 Å². The minimum Gasteiger partial charge on any atom is -0.322 e. The number of aryl methyl sites for hydroxylation is 1. The molecule has 0 aromatic heterocycles. The molecule has 1 amide bonds. The van der Waals surface area contributed by atoms with Crippen molar-refractivity contribution in [3.05, 3.63) is 89.5 Å². The summed E-state index contributed by atoms with van der Waals surface area (Å²) in [5.74, 6) is -0.476. The Hall–Kier alpha value is -3.21. The van der Waals surface area contributed by atoms with E-state index in [-0.39, 0.29) is 16.6 Å². The van der Waals surface area contributed by atoms with E-state index in [0.717, 1.165) is 24.8 Å². The molecule has 0 atom stereocenters. The molecule has 0 aliphatic carbocycles. The highest BCUT2D eigenvalue weighted by Crippen LogP contribution is 2.22. The number of benzene rings is 3. The predicted molar refractivity (Wildman–Crippen MR) is 141 cm³/mol. The number of amides is 1. The zero-order valence-electron chi connectivity index (χ0n) is 20.0. The van der Waals surface area contributed by atoms with E-state index in [1.54, 1.807) is 36.4 Å². The molecule has 1 heterocycles. The summed E-state index contributed by atoms with van der Waals surface area (Å²) < 4.78 is 54.8. The van der Waals surface area contributed by atoms with Crippen LogP contribution in [0, 0.1) is 6.92 Å². The number of carbonyl (C=O) groups is 1. The average molecular weight is 528 g/mol. The third-order valence-electron chi connectivity index (χ3n) is 6.09. The topological polar surface area (TPSA) is 113 Å². The van der Waals surface area contributed by atoms with Crippen LogP contribution in [0.1, 0.15) is 40.7 Å². The van der Waals surface area contributed by atoms with Crippen LogP contribution in [0.4, 0.5) is 11.4 Å². The molecule has 2 N–H and O–H groups in total. The molecule has 0 radical (unpaired) electrons. The minimum absolute atomic E-state index is 0.0722. The molecule has 36 heavy (non-hydrogen) atoms. The maximum absolute atomic E-state index is 12.7. The summed E-state index contributed by atoms with van der Waals surface area (Å²) in [6.45, 7) is 2.94. The van der Waals surface area contributed by atoms with Gasteiger partial charge in [0, 0.05) is 24.3 Å². The summed E-state index contributed by atoms with van der Waals surface area (Å²) >= 11 is 0. The smallest absolute Gasteiger partial charge is 0.261 e. The molecule has 0 spiro atoms. The van der Waals surface area contributed by atoms with Crippen LogP contribution < -0.4 is 10.0 Å². The molecule has 4 rings (SSSR count). The van der Waals surface area contributed by atoms with Crippen LogP contribution in [-0.4, -0.2) is 40.1 Å². The fourth-order valence-corrected chi connectivity index (χ4v) is 6.75. The summed E-state index contributed by atoms with van der Waals surface area (Å²) in [6, 6.07) is 19.4. The van der Waals surface area contributed by atoms with Gasteiger partial charge in [0.1, 0.15) is 0 Å². The van der Waals surface area contributed by atoms with E-state index in [2.05, 4.69) is 10.0 Å². The van der Waals surface area contributed by atoms with Gasteiger partial charge >= 0.3 is 0 Å². The summed E-state index contributed by atoms with van der Waals surface area (Å²) in [6.07, 6.45) is 2.82. The van der Waals surface area contributed by atoms with Crippen LogP contribution in [0.2, 0.25) is 0 Å². The van der Waals surface area contributed by atoms with Crippen molar-refractivity contribution in [3.63, 3.8) is 0 Å². The first-order valence-corrected chi connectivity index (χ1v) is 14.8. The van der Waals surface area contributed by atoms with Gasteiger partial charge in [0.05, 0.1) is 16.3 Å². The summed E-state index contributed by atoms with van der Waals surface area (Å²) in [5, 5.41) is 2.73. The molecule has 190 valence electrons. The zero-order chi connectivity index (χ0) is 25.8. The molecule has 10 heteroatoms. The van der Waals surface area contributed by atoms with Crippen molar-refractivity contribution in [2.24, 2.45) is 0 Å². The van der Waals surface area contributed by atoms with Gasteiger partial charge < -0.3 is 5.32 Å². The number of hydrogen-bond acceptors (Lipinski definition) is 5. The average Bonchev–Trinajstić information content (AvgIpc) is 2.86. The zero-order valence-corrected chi connectivity index (χ0v) is 21.6. The number of anilines is 2. The van der Waals surface area contributed by atoms with Gasteiger partial charge in [-0.1, -0.05) is 36.8 Å². The molecule has 1 aliphatic heterocycles. The molecule has 0 unspecified atom stereocenters. The number of rotatable bonds is 8. The van der Waals surface area contributed by atoms with E-state index in [1.165, 1.54) is 28.6 Å². The van der Waals surface area contributed by atoms with Crippen molar-refractivity contribution in [2.45, 2.75) is 36.8 Å². The second kappa shape index (κ2) is 10.8. The van der Waals surface area contributed by atoms with Crippen molar-refractivity contribution in [3.8, 4) is 0 Å². The van der Waals surface area contributed by atoms with E-state index >= 15 is 0 Å². The lowest BCUT2D eigenvalue weighted by Gasteiger charge is -2.25. The van der Waals surface area contributed by atoms with E-state index in [1.807, 2.05) is 19.1 Å². The van der Waals surface area contributed by atoms with Gasteiger partial charge in [-0.3, -0.25) is 9.52 Å². The number of sulfonamides is 2. The van der Waals surface area contributed by atoms with E-state index in [9.17, 15) is 21.6 Å². The van der Waals surface area contributed by atoms with Gasteiger partial charge in [0.25, 0.3) is 15.9 Å². The lowest BCUT2D eigenvalue weighted by Crippen LogP contribution is -2.36. The highest BCUT2D eigenvalue weighted by Gasteiger charge is 2.24. The highest BCUT2D eigenvalue weighted by molar-refractivity contribution is 7.92. The van der Waals surface area contributed by atoms with Crippen molar-refractivity contribution in [1.82, 2.24) is 4.31 Å². The number of nitrogens with zero attached hydrogens (tertiary/aromatic N) is 1. The SMILES string of the molecule is Cc1ccccc1NS(=O)(=O)c1ccc(NC(=O)c2ccc(CS(=O)(=O)N3CCCCC3)cc2)cc1. The van der Waals surface area contributed by atoms with Gasteiger partial charge in [-0.2, -0.15) is 0 Å². The van der Waals surface area contributed by atoms with Crippen LogP contribution in [-0.2, 0) is 25.8 Å². The molecule has 3 aromatic carbocycles. The van der Waals surface area contributed by atoms with Crippen LogP contribution in [0.25, 0.3) is 0 Å². The molecule has 1 aliphatic rings. The number of carbonyl (C=O) groups excluding carboxylic acids is 1. The van der Waals surface area contributed by atoms with E-state index in [4.69, 9.17) is 0 Å². The maximum Gasteiger partial charge on any atom is 0.261 e. The number of piperidine rings is 1. The molecule has 1 saturated heterocycles. The molecular formula is C26H29N3O5S2. The maximum atomic E-state index is 12.7. The third-order valence-corrected chi connectivity index (χ3v) is 9.32. The fourth-order valence-electron chi connectivity index (χ4n) is 4.01. The van der Waals surface area contributed by atoms with Crippen molar-refractivity contribution in [1.29, 1.82) is 0 Å². The first-order chi connectivity index (χ1) is 17.1. The summed E-state index contributed by atoms with van der Waals surface area (Å²) in [4.78, 5) is 12.7. The lowest BCUT2D eigenvalue weighted by molar-refractivity contribution is 0.102. The molecule has 0 bridgehead atoms. The number of para-hydroxylation sites is 1. The Morgan fingerprint density at radius 2 is 1.47 bits per heavy atom. The second-order valence-corrected chi connectivity index (χ2v) is 12.5. The lowest BCUT2D eigenvalue weighted by atomic mass is 10.1. The molecule has 3 aromatic rings. The normalized spacial score (nSPS) is 14.8. The predicted octanol–water partition coefficient (Wildman–Crippen LogP) is 4.36. The van der Waals surface area contributed by atoms with Crippen LogP contribution >= 0.6 is 0 Å². The Morgan fingerprint density at radius 3 is 2.11 bits per heavy atom. The molecule has 8 nitrogen and oxygen atoms in total. The van der Waals surface area contributed by atoms with Gasteiger partial charge in [-0.15, -0.1) is 0 Å². The monoisotopic (exact) mass is 527 g/mol.